The highest BCUT2D eigenvalue weighted by Crippen LogP contribution is 2.20. The predicted octanol–water partition coefficient (Wildman–Crippen LogP) is 1.71. The first-order valence-electron chi connectivity index (χ1n) is 7.61. The van der Waals surface area contributed by atoms with E-state index < -0.39 is 5.82 Å². The molecule has 0 spiro atoms. The van der Waals surface area contributed by atoms with Crippen molar-refractivity contribution in [2.45, 2.75) is 25.5 Å². The second-order valence-corrected chi connectivity index (χ2v) is 5.79. The van der Waals surface area contributed by atoms with Gasteiger partial charge in [0, 0.05) is 26.8 Å². The summed E-state index contributed by atoms with van der Waals surface area (Å²) in [4.78, 5) is 12.2. The summed E-state index contributed by atoms with van der Waals surface area (Å²) in [5.41, 5.74) is 0. The van der Waals surface area contributed by atoms with Crippen LogP contribution in [-0.4, -0.2) is 53.3 Å². The normalized spacial score (nSPS) is 18.8. The molecule has 124 valence electrons. The maximum Gasteiger partial charge on any atom is 0.265 e. The summed E-state index contributed by atoms with van der Waals surface area (Å²) in [6, 6.07) is 2.90. The Bertz CT molecular complexity index is 648. The van der Waals surface area contributed by atoms with Gasteiger partial charge in [0.15, 0.2) is 5.82 Å². The third kappa shape index (κ3) is 3.95. The Balaban J connectivity index is 1.58. The summed E-state index contributed by atoms with van der Waals surface area (Å²) < 4.78 is 24.6. The fourth-order valence-corrected chi connectivity index (χ4v) is 2.55. The van der Waals surface area contributed by atoms with Crippen LogP contribution in [0.1, 0.15) is 18.7 Å². The Morgan fingerprint density at radius 3 is 3.09 bits per heavy atom. The Labute approximate surface area is 134 Å². The SMILES string of the molecule is CN(C)c1noc(CN2CCCC(Oc3ncccc3F)C2)n1. The standard InChI is InChI=1S/C15H20FN5O2/c1-20(2)15-18-13(23-19-15)10-21-8-4-5-11(9-21)22-14-12(16)6-3-7-17-14/h3,6-7,11H,4-5,8-10H2,1-2H3. The molecule has 7 nitrogen and oxygen atoms in total. The molecule has 1 saturated heterocycles. The minimum Gasteiger partial charge on any atom is -0.471 e. The number of anilines is 1. The Morgan fingerprint density at radius 1 is 1.48 bits per heavy atom. The van der Waals surface area contributed by atoms with Gasteiger partial charge in [-0.3, -0.25) is 4.90 Å². The van der Waals surface area contributed by atoms with Crippen molar-refractivity contribution >= 4 is 5.95 Å². The van der Waals surface area contributed by atoms with Gasteiger partial charge in [-0.25, -0.2) is 9.37 Å². The monoisotopic (exact) mass is 321 g/mol. The molecule has 1 fully saturated rings. The van der Waals surface area contributed by atoms with Crippen LogP contribution in [-0.2, 0) is 6.54 Å². The van der Waals surface area contributed by atoms with Crippen LogP contribution in [0.5, 0.6) is 5.88 Å². The minimum absolute atomic E-state index is 0.0621. The molecular formula is C15H20FN5O2. The number of ether oxygens (including phenoxy) is 1. The molecule has 0 aliphatic carbocycles. The van der Waals surface area contributed by atoms with Gasteiger partial charge in [-0.15, -0.1) is 0 Å². The molecule has 0 amide bonds. The van der Waals surface area contributed by atoms with Crippen LogP contribution in [0.2, 0.25) is 0 Å². The molecule has 2 aromatic heterocycles. The number of pyridine rings is 1. The molecule has 1 aliphatic heterocycles. The fourth-order valence-electron chi connectivity index (χ4n) is 2.55. The molecule has 0 saturated carbocycles. The largest absolute Gasteiger partial charge is 0.471 e. The van der Waals surface area contributed by atoms with Gasteiger partial charge in [0.25, 0.3) is 11.8 Å². The first-order chi connectivity index (χ1) is 11.1. The van der Waals surface area contributed by atoms with E-state index in [0.29, 0.717) is 24.9 Å². The van der Waals surface area contributed by atoms with E-state index in [2.05, 4.69) is 20.0 Å². The summed E-state index contributed by atoms with van der Waals surface area (Å²) in [6.45, 7) is 2.16. The minimum atomic E-state index is -0.433. The highest BCUT2D eigenvalue weighted by molar-refractivity contribution is 5.23. The second kappa shape index (κ2) is 6.91. The van der Waals surface area contributed by atoms with Gasteiger partial charge >= 0.3 is 0 Å². The van der Waals surface area contributed by atoms with Crippen molar-refractivity contribution in [3.05, 3.63) is 30.0 Å². The number of piperidine rings is 1. The summed E-state index contributed by atoms with van der Waals surface area (Å²) in [6.07, 6.45) is 3.28. The maximum absolute atomic E-state index is 13.6. The van der Waals surface area contributed by atoms with Gasteiger partial charge in [0.1, 0.15) is 6.10 Å². The molecule has 1 unspecified atom stereocenters. The Hall–Kier alpha value is -2.22. The van der Waals surface area contributed by atoms with Crippen molar-refractivity contribution in [2.24, 2.45) is 0 Å². The zero-order chi connectivity index (χ0) is 16.2. The number of likely N-dealkylation sites (tertiary alicyclic amines) is 1. The lowest BCUT2D eigenvalue weighted by Gasteiger charge is -2.31. The number of nitrogens with zero attached hydrogens (tertiary/aromatic N) is 5. The number of halogens is 1. The van der Waals surface area contributed by atoms with Gasteiger partial charge in [0.05, 0.1) is 6.54 Å². The van der Waals surface area contributed by atoms with Gasteiger partial charge in [0.2, 0.25) is 5.89 Å². The Kier molecular flexibility index (Phi) is 4.71. The van der Waals surface area contributed by atoms with Crippen LogP contribution >= 0.6 is 0 Å². The molecular weight excluding hydrogens is 301 g/mol. The number of hydrogen-bond donors (Lipinski definition) is 0. The van der Waals surface area contributed by atoms with Gasteiger partial charge < -0.3 is 14.2 Å². The highest BCUT2D eigenvalue weighted by atomic mass is 19.1. The first kappa shape index (κ1) is 15.7. The Morgan fingerprint density at radius 2 is 2.35 bits per heavy atom. The van der Waals surface area contributed by atoms with Crippen LogP contribution in [0.4, 0.5) is 10.3 Å². The third-order valence-electron chi connectivity index (χ3n) is 3.68. The molecule has 0 radical (unpaired) electrons. The lowest BCUT2D eigenvalue weighted by atomic mass is 10.1. The third-order valence-corrected chi connectivity index (χ3v) is 3.68. The van der Waals surface area contributed by atoms with Crippen LogP contribution < -0.4 is 9.64 Å². The van der Waals surface area contributed by atoms with Gasteiger partial charge in [-0.2, -0.15) is 4.98 Å². The smallest absolute Gasteiger partial charge is 0.265 e. The number of hydrogen-bond acceptors (Lipinski definition) is 7. The van der Waals surface area contributed by atoms with Crippen LogP contribution in [0.25, 0.3) is 0 Å². The van der Waals surface area contributed by atoms with Gasteiger partial charge in [-0.1, -0.05) is 0 Å². The lowest BCUT2D eigenvalue weighted by Crippen LogP contribution is -2.40. The van der Waals surface area contributed by atoms with Crippen molar-refractivity contribution in [2.75, 3.05) is 32.1 Å². The van der Waals surface area contributed by atoms with E-state index >= 15 is 0 Å². The molecule has 8 heteroatoms. The first-order valence-corrected chi connectivity index (χ1v) is 7.61. The number of aromatic nitrogens is 3. The summed E-state index contributed by atoms with van der Waals surface area (Å²) in [5.74, 6) is 0.753. The zero-order valence-corrected chi connectivity index (χ0v) is 13.3. The van der Waals surface area contributed by atoms with E-state index in [0.717, 1.165) is 19.4 Å². The van der Waals surface area contributed by atoms with Crippen LogP contribution in [0, 0.1) is 5.82 Å². The average Bonchev–Trinajstić information content (AvgIpc) is 2.99. The molecule has 2 aromatic rings. The fraction of sp³-hybridized carbons (Fsp3) is 0.533. The molecule has 0 aromatic carbocycles. The van der Waals surface area contributed by atoms with E-state index in [-0.39, 0.29) is 12.0 Å². The molecule has 0 bridgehead atoms. The maximum atomic E-state index is 13.6. The second-order valence-electron chi connectivity index (χ2n) is 5.79. The van der Waals surface area contributed by atoms with Crippen molar-refractivity contribution in [3.63, 3.8) is 0 Å². The quantitative estimate of drug-likeness (QED) is 0.830. The average molecular weight is 321 g/mol. The topological polar surface area (TPSA) is 67.5 Å². The highest BCUT2D eigenvalue weighted by Gasteiger charge is 2.24. The van der Waals surface area contributed by atoms with E-state index in [1.165, 1.54) is 12.3 Å². The van der Waals surface area contributed by atoms with Crippen molar-refractivity contribution in [3.8, 4) is 5.88 Å². The van der Waals surface area contributed by atoms with Gasteiger partial charge in [-0.05, 0) is 36.7 Å². The molecule has 3 rings (SSSR count). The number of rotatable bonds is 5. The van der Waals surface area contributed by atoms with E-state index in [9.17, 15) is 4.39 Å². The summed E-state index contributed by atoms with van der Waals surface area (Å²) in [5, 5.41) is 3.90. The van der Waals surface area contributed by atoms with Crippen molar-refractivity contribution in [1.82, 2.24) is 20.0 Å². The van der Waals surface area contributed by atoms with Crippen LogP contribution in [0.3, 0.4) is 0 Å². The molecule has 3 heterocycles. The van der Waals surface area contributed by atoms with E-state index in [1.807, 2.05) is 14.1 Å². The lowest BCUT2D eigenvalue weighted by molar-refractivity contribution is 0.0715. The van der Waals surface area contributed by atoms with Crippen LogP contribution in [0.15, 0.2) is 22.9 Å². The zero-order valence-electron chi connectivity index (χ0n) is 13.3. The molecule has 1 atom stereocenters. The van der Waals surface area contributed by atoms with E-state index in [4.69, 9.17) is 9.26 Å². The van der Waals surface area contributed by atoms with E-state index in [1.54, 1.807) is 11.0 Å². The van der Waals surface area contributed by atoms with Crippen molar-refractivity contribution < 1.29 is 13.7 Å². The predicted molar refractivity (Wildman–Crippen MR) is 81.7 cm³/mol. The molecule has 0 N–H and O–H groups in total. The van der Waals surface area contributed by atoms with Crippen molar-refractivity contribution in [1.29, 1.82) is 0 Å². The summed E-state index contributed by atoms with van der Waals surface area (Å²) >= 11 is 0. The molecule has 23 heavy (non-hydrogen) atoms. The molecule has 1 aliphatic rings. The summed E-state index contributed by atoms with van der Waals surface area (Å²) in [7, 11) is 3.72.